The molecule has 5 rings (SSSR count). The summed E-state index contributed by atoms with van der Waals surface area (Å²) in [6.07, 6.45) is 12.1. The molecule has 0 spiro atoms. The summed E-state index contributed by atoms with van der Waals surface area (Å²) in [5.41, 5.74) is 0.672. The fraction of sp³-hybridized carbons (Fsp3) is 0.720. The maximum Gasteiger partial charge on any atom is 0.338 e. The normalized spacial score (nSPS) is 42.6. The van der Waals surface area contributed by atoms with Crippen molar-refractivity contribution in [1.82, 2.24) is 0 Å². The van der Waals surface area contributed by atoms with E-state index in [1.165, 1.54) is 38.5 Å². The van der Waals surface area contributed by atoms with Crippen LogP contribution in [0.25, 0.3) is 0 Å². The van der Waals surface area contributed by atoms with Gasteiger partial charge < -0.3 is 9.84 Å². The van der Waals surface area contributed by atoms with Gasteiger partial charge in [-0.2, -0.15) is 0 Å². The second-order valence-corrected chi connectivity index (χ2v) is 10.0. The van der Waals surface area contributed by atoms with Crippen LogP contribution in [0, 0.1) is 35.5 Å². The van der Waals surface area contributed by atoms with E-state index in [-0.39, 0.29) is 18.2 Å². The molecule has 0 aliphatic heterocycles. The third-order valence-electron chi connectivity index (χ3n) is 8.68. The molecule has 1 aromatic rings. The van der Waals surface area contributed by atoms with Crippen LogP contribution < -0.4 is 0 Å². The zero-order valence-electron chi connectivity index (χ0n) is 16.8. The maximum atomic E-state index is 12.4. The second kappa shape index (κ2) is 7.82. The summed E-state index contributed by atoms with van der Waals surface area (Å²) in [6.45, 7) is 0. The van der Waals surface area contributed by atoms with Gasteiger partial charge in [0, 0.05) is 0 Å². The molecule has 0 unspecified atom stereocenters. The summed E-state index contributed by atoms with van der Waals surface area (Å²) in [6, 6.07) is 9.42. The van der Waals surface area contributed by atoms with Gasteiger partial charge in [-0.25, -0.2) is 4.79 Å². The molecule has 28 heavy (non-hydrogen) atoms. The number of hydrogen-bond donors (Lipinski definition) is 1. The molecule has 4 fully saturated rings. The van der Waals surface area contributed by atoms with Gasteiger partial charge in [-0.05, 0) is 112 Å². The van der Waals surface area contributed by atoms with Crippen molar-refractivity contribution < 1.29 is 14.6 Å². The fourth-order valence-corrected chi connectivity index (χ4v) is 7.50. The maximum absolute atomic E-state index is 12.4. The van der Waals surface area contributed by atoms with Crippen LogP contribution in [-0.2, 0) is 4.74 Å². The third-order valence-corrected chi connectivity index (χ3v) is 8.68. The lowest BCUT2D eigenvalue weighted by Crippen LogP contribution is -2.48. The molecule has 4 aliphatic carbocycles. The van der Waals surface area contributed by atoms with Crippen molar-refractivity contribution >= 4 is 5.97 Å². The SMILES string of the molecule is O=C(O[C@H]1CC[C@@H]2[C@@H](CC[C@H]3[C@H]2CC[C@@H]2C[C@H](O)CC[C@@H]23)C1)c1ccccc1. The Balaban J connectivity index is 1.21. The number of hydrogen-bond acceptors (Lipinski definition) is 3. The predicted octanol–water partition coefficient (Wildman–Crippen LogP) is 5.23. The molecule has 3 heteroatoms. The van der Waals surface area contributed by atoms with Gasteiger partial charge in [0.25, 0.3) is 0 Å². The number of aliphatic hydroxyl groups is 1. The van der Waals surface area contributed by atoms with Crippen LogP contribution >= 0.6 is 0 Å². The van der Waals surface area contributed by atoms with Crippen molar-refractivity contribution in [3.63, 3.8) is 0 Å². The van der Waals surface area contributed by atoms with E-state index >= 15 is 0 Å². The number of benzene rings is 1. The molecule has 0 radical (unpaired) electrons. The van der Waals surface area contributed by atoms with Crippen LogP contribution in [0.2, 0.25) is 0 Å². The second-order valence-electron chi connectivity index (χ2n) is 10.0. The standard InChI is InChI=1S/C25H34O3/c26-19-8-12-21-17(14-19)6-10-24-22-13-9-20(15-18(22)7-11-23(21)24)28-25(27)16-4-2-1-3-5-16/h1-5,17-24,26H,6-15H2/t17-,18+,19-,20+,21+,22-,23-,24+/m1/s1. The molecule has 3 nitrogen and oxygen atoms in total. The molecule has 8 atom stereocenters. The summed E-state index contributed by atoms with van der Waals surface area (Å²) in [4.78, 5) is 12.4. The Morgan fingerprint density at radius 1 is 0.750 bits per heavy atom. The first-order valence-corrected chi connectivity index (χ1v) is 11.6. The Bertz CT molecular complexity index is 686. The molecule has 4 aliphatic rings. The first-order valence-electron chi connectivity index (χ1n) is 11.6. The van der Waals surface area contributed by atoms with Crippen LogP contribution in [0.1, 0.15) is 74.6 Å². The van der Waals surface area contributed by atoms with E-state index in [2.05, 4.69) is 0 Å². The molecule has 0 saturated heterocycles. The highest BCUT2D eigenvalue weighted by Gasteiger charge is 2.49. The number of aliphatic hydroxyl groups excluding tert-OH is 1. The average molecular weight is 383 g/mol. The van der Waals surface area contributed by atoms with Crippen molar-refractivity contribution in [1.29, 1.82) is 0 Å². The van der Waals surface area contributed by atoms with Crippen molar-refractivity contribution in [3.05, 3.63) is 35.9 Å². The van der Waals surface area contributed by atoms with Gasteiger partial charge in [0.05, 0.1) is 11.7 Å². The van der Waals surface area contributed by atoms with E-state index in [1.807, 2.05) is 30.3 Å². The Morgan fingerprint density at radius 2 is 1.36 bits per heavy atom. The highest BCUT2D eigenvalue weighted by Crippen LogP contribution is 2.57. The largest absolute Gasteiger partial charge is 0.459 e. The van der Waals surface area contributed by atoms with Crippen molar-refractivity contribution in [2.75, 3.05) is 0 Å². The molecule has 0 heterocycles. The monoisotopic (exact) mass is 382 g/mol. The molecule has 0 aromatic heterocycles. The van der Waals surface area contributed by atoms with E-state index in [0.717, 1.165) is 61.2 Å². The molecule has 4 saturated carbocycles. The van der Waals surface area contributed by atoms with Crippen LogP contribution in [0.3, 0.4) is 0 Å². The lowest BCUT2D eigenvalue weighted by molar-refractivity contribution is -0.0781. The first kappa shape index (κ1) is 18.7. The number of fused-ring (bicyclic) bond motifs is 5. The van der Waals surface area contributed by atoms with Crippen LogP contribution in [0.5, 0.6) is 0 Å². The first-order chi connectivity index (χ1) is 13.7. The lowest BCUT2D eigenvalue weighted by Gasteiger charge is -2.55. The van der Waals surface area contributed by atoms with Crippen LogP contribution in [0.4, 0.5) is 0 Å². The summed E-state index contributed by atoms with van der Waals surface area (Å²) >= 11 is 0. The van der Waals surface area contributed by atoms with Gasteiger partial charge in [0.2, 0.25) is 0 Å². The van der Waals surface area contributed by atoms with Crippen molar-refractivity contribution in [3.8, 4) is 0 Å². The van der Waals surface area contributed by atoms with Gasteiger partial charge in [-0.3, -0.25) is 0 Å². The molecule has 1 aromatic carbocycles. The highest BCUT2D eigenvalue weighted by molar-refractivity contribution is 5.89. The summed E-state index contributed by atoms with van der Waals surface area (Å²) in [5, 5.41) is 10.1. The van der Waals surface area contributed by atoms with E-state index < -0.39 is 0 Å². The Morgan fingerprint density at radius 3 is 2.07 bits per heavy atom. The molecular formula is C25H34O3. The van der Waals surface area contributed by atoms with E-state index in [1.54, 1.807) is 0 Å². The van der Waals surface area contributed by atoms with Crippen LogP contribution in [-0.4, -0.2) is 23.3 Å². The number of carbonyl (C=O) groups is 1. The van der Waals surface area contributed by atoms with Gasteiger partial charge >= 0.3 is 5.97 Å². The van der Waals surface area contributed by atoms with E-state index in [4.69, 9.17) is 4.74 Å². The molecule has 0 amide bonds. The molecular weight excluding hydrogens is 348 g/mol. The topological polar surface area (TPSA) is 46.5 Å². The smallest absolute Gasteiger partial charge is 0.338 e. The van der Waals surface area contributed by atoms with E-state index in [9.17, 15) is 9.90 Å². The summed E-state index contributed by atoms with van der Waals surface area (Å²) < 4.78 is 5.89. The zero-order chi connectivity index (χ0) is 19.1. The third kappa shape index (κ3) is 3.51. The quantitative estimate of drug-likeness (QED) is 0.713. The summed E-state index contributed by atoms with van der Waals surface area (Å²) in [7, 11) is 0. The van der Waals surface area contributed by atoms with Crippen molar-refractivity contribution in [2.24, 2.45) is 35.5 Å². The number of rotatable bonds is 2. The average Bonchev–Trinajstić information content (AvgIpc) is 2.73. The van der Waals surface area contributed by atoms with Crippen LogP contribution in [0.15, 0.2) is 30.3 Å². The fourth-order valence-electron chi connectivity index (χ4n) is 7.50. The van der Waals surface area contributed by atoms with Gasteiger partial charge in [-0.1, -0.05) is 18.2 Å². The minimum absolute atomic E-state index is 0.0381. The molecule has 152 valence electrons. The minimum Gasteiger partial charge on any atom is -0.459 e. The highest BCUT2D eigenvalue weighted by atomic mass is 16.5. The van der Waals surface area contributed by atoms with Gasteiger partial charge in [0.1, 0.15) is 6.10 Å². The van der Waals surface area contributed by atoms with Crippen molar-refractivity contribution in [2.45, 2.75) is 76.4 Å². The Kier molecular flexibility index (Phi) is 5.21. The number of ether oxygens (including phenoxy) is 1. The Hall–Kier alpha value is -1.35. The number of esters is 1. The van der Waals surface area contributed by atoms with E-state index in [0.29, 0.717) is 5.56 Å². The minimum atomic E-state index is -0.154. The Labute approximate surface area is 168 Å². The predicted molar refractivity (Wildman–Crippen MR) is 109 cm³/mol. The molecule has 1 N–H and O–H groups in total. The van der Waals surface area contributed by atoms with Gasteiger partial charge in [-0.15, -0.1) is 0 Å². The summed E-state index contributed by atoms with van der Waals surface area (Å²) in [5.74, 6) is 4.88. The molecule has 0 bridgehead atoms. The number of carbonyl (C=O) groups excluding carboxylic acids is 1. The van der Waals surface area contributed by atoms with Gasteiger partial charge in [0.15, 0.2) is 0 Å². The zero-order valence-corrected chi connectivity index (χ0v) is 16.8. The lowest BCUT2D eigenvalue weighted by atomic mass is 9.51.